The van der Waals surface area contributed by atoms with Gasteiger partial charge in [0, 0.05) is 5.02 Å². The van der Waals surface area contributed by atoms with Gasteiger partial charge in [-0.1, -0.05) is 24.9 Å². The van der Waals surface area contributed by atoms with Crippen LogP contribution in [0.5, 0.6) is 0 Å². The maximum absolute atomic E-state index is 12.1. The quantitative estimate of drug-likeness (QED) is 0.896. The lowest BCUT2D eigenvalue weighted by Crippen LogP contribution is -2.30. The van der Waals surface area contributed by atoms with Crippen LogP contribution < -0.4 is 0 Å². The molecule has 0 radical (unpaired) electrons. The molecule has 1 rings (SSSR count). The van der Waals surface area contributed by atoms with Crippen molar-refractivity contribution in [3.8, 4) is 0 Å². The molecule has 0 saturated carbocycles. The highest BCUT2D eigenvalue weighted by molar-refractivity contribution is 7.92. The second kappa shape index (κ2) is 5.51. The average molecular weight is 277 g/mol. The topological polar surface area (TPSA) is 71.4 Å². The van der Waals surface area contributed by atoms with E-state index in [1.165, 1.54) is 24.3 Å². The first kappa shape index (κ1) is 14.0. The number of carboxylic acids is 1. The number of benzene rings is 1. The summed E-state index contributed by atoms with van der Waals surface area (Å²) in [6, 6.07) is 5.51. The van der Waals surface area contributed by atoms with Crippen LogP contribution in [0.2, 0.25) is 5.02 Å². The van der Waals surface area contributed by atoms with Crippen molar-refractivity contribution < 1.29 is 18.3 Å². The van der Waals surface area contributed by atoms with Crippen LogP contribution in [0.4, 0.5) is 0 Å². The third-order valence-corrected chi connectivity index (χ3v) is 4.71. The molecule has 1 N–H and O–H groups in total. The number of carbonyl (C=O) groups is 1. The molecular weight excluding hydrogens is 264 g/mol. The summed E-state index contributed by atoms with van der Waals surface area (Å²) in [6.07, 6.45) is 0.587. The summed E-state index contributed by atoms with van der Waals surface area (Å²) < 4.78 is 24.1. The molecule has 0 aliphatic heterocycles. The van der Waals surface area contributed by atoms with Crippen LogP contribution in [0.1, 0.15) is 19.8 Å². The van der Waals surface area contributed by atoms with Crippen LogP contribution in [0.15, 0.2) is 29.2 Å². The van der Waals surface area contributed by atoms with Gasteiger partial charge in [-0.2, -0.15) is 0 Å². The van der Waals surface area contributed by atoms with Gasteiger partial charge in [-0.15, -0.1) is 0 Å². The van der Waals surface area contributed by atoms with E-state index in [0.29, 0.717) is 11.4 Å². The number of rotatable bonds is 5. The zero-order valence-electron chi connectivity index (χ0n) is 9.26. The lowest BCUT2D eigenvalue weighted by Gasteiger charge is -2.12. The maximum Gasteiger partial charge on any atom is 0.322 e. The third kappa shape index (κ3) is 3.20. The summed E-state index contributed by atoms with van der Waals surface area (Å²) in [5, 5.41) is 7.96. The molecule has 0 heterocycles. The fraction of sp³-hybridized carbons (Fsp3) is 0.364. The first-order valence-electron chi connectivity index (χ1n) is 5.12. The molecule has 94 valence electrons. The minimum absolute atomic E-state index is 0.0113. The minimum atomic E-state index is -3.84. The van der Waals surface area contributed by atoms with Crippen LogP contribution in [0.3, 0.4) is 0 Å². The zero-order chi connectivity index (χ0) is 13.1. The van der Waals surface area contributed by atoms with Crippen molar-refractivity contribution in [2.24, 2.45) is 0 Å². The third-order valence-electron chi connectivity index (χ3n) is 2.34. The van der Waals surface area contributed by atoms with E-state index in [0.717, 1.165) is 0 Å². The molecule has 1 atom stereocenters. The van der Waals surface area contributed by atoms with E-state index in [-0.39, 0.29) is 11.3 Å². The number of carboxylic acid groups (broad SMARTS) is 1. The molecule has 0 fully saturated rings. The van der Waals surface area contributed by atoms with Gasteiger partial charge in [-0.3, -0.25) is 4.79 Å². The first-order valence-corrected chi connectivity index (χ1v) is 7.04. The minimum Gasteiger partial charge on any atom is -0.480 e. The molecule has 0 bridgehead atoms. The summed E-state index contributed by atoms with van der Waals surface area (Å²) in [5.41, 5.74) is 0. The molecule has 0 spiro atoms. The lowest BCUT2D eigenvalue weighted by atomic mass is 10.2. The molecule has 0 aliphatic carbocycles. The van der Waals surface area contributed by atoms with Gasteiger partial charge in [-0.25, -0.2) is 8.42 Å². The predicted octanol–water partition coefficient (Wildman–Crippen LogP) is 2.37. The Morgan fingerprint density at radius 3 is 2.29 bits per heavy atom. The Labute approximate surface area is 105 Å². The lowest BCUT2D eigenvalue weighted by molar-refractivity contribution is -0.136. The molecule has 1 unspecified atom stereocenters. The number of halogens is 1. The van der Waals surface area contributed by atoms with Gasteiger partial charge in [-0.05, 0) is 30.7 Å². The van der Waals surface area contributed by atoms with Gasteiger partial charge < -0.3 is 5.11 Å². The van der Waals surface area contributed by atoms with Crippen LogP contribution >= 0.6 is 11.6 Å². The van der Waals surface area contributed by atoms with Crippen LogP contribution in [0, 0.1) is 0 Å². The summed E-state index contributed by atoms with van der Waals surface area (Å²) in [4.78, 5) is 11.0. The highest BCUT2D eigenvalue weighted by Gasteiger charge is 2.32. The van der Waals surface area contributed by atoms with E-state index in [2.05, 4.69) is 0 Å². The van der Waals surface area contributed by atoms with E-state index in [4.69, 9.17) is 16.7 Å². The molecule has 0 amide bonds. The molecule has 0 saturated heterocycles. The summed E-state index contributed by atoms with van der Waals surface area (Å²) in [7, 11) is -3.84. The van der Waals surface area contributed by atoms with E-state index in [9.17, 15) is 13.2 Å². The zero-order valence-corrected chi connectivity index (χ0v) is 10.8. The van der Waals surface area contributed by atoms with E-state index in [1.807, 2.05) is 0 Å². The standard InChI is InChI=1S/C11H13ClO4S/c1-2-3-10(11(13)14)17(15,16)9-6-4-8(12)5-7-9/h4-7,10H,2-3H2,1H3,(H,13,14). The van der Waals surface area contributed by atoms with E-state index >= 15 is 0 Å². The molecule has 0 aromatic heterocycles. The van der Waals surface area contributed by atoms with Crippen molar-refractivity contribution in [2.75, 3.05) is 0 Å². The van der Waals surface area contributed by atoms with Gasteiger partial charge in [0.25, 0.3) is 0 Å². The smallest absolute Gasteiger partial charge is 0.322 e. The van der Waals surface area contributed by atoms with Gasteiger partial charge in [0.05, 0.1) is 4.90 Å². The van der Waals surface area contributed by atoms with Crippen LogP contribution in [0.25, 0.3) is 0 Å². The molecule has 0 aliphatic rings. The van der Waals surface area contributed by atoms with Crippen molar-refractivity contribution >= 4 is 27.4 Å². The summed E-state index contributed by atoms with van der Waals surface area (Å²) >= 11 is 5.65. The SMILES string of the molecule is CCCC(C(=O)O)S(=O)(=O)c1ccc(Cl)cc1. The molecule has 6 heteroatoms. The largest absolute Gasteiger partial charge is 0.480 e. The predicted molar refractivity (Wildman–Crippen MR) is 65.0 cm³/mol. The number of hydrogen-bond acceptors (Lipinski definition) is 3. The van der Waals surface area contributed by atoms with Crippen molar-refractivity contribution in [1.29, 1.82) is 0 Å². The number of aliphatic carboxylic acids is 1. The second-order valence-electron chi connectivity index (χ2n) is 3.61. The van der Waals surface area contributed by atoms with Crippen LogP contribution in [-0.4, -0.2) is 24.7 Å². The van der Waals surface area contributed by atoms with Gasteiger partial charge in [0.2, 0.25) is 0 Å². The number of hydrogen-bond donors (Lipinski definition) is 1. The Morgan fingerprint density at radius 2 is 1.88 bits per heavy atom. The highest BCUT2D eigenvalue weighted by atomic mass is 35.5. The van der Waals surface area contributed by atoms with Crippen molar-refractivity contribution in [2.45, 2.75) is 29.9 Å². The highest BCUT2D eigenvalue weighted by Crippen LogP contribution is 2.21. The normalized spacial score (nSPS) is 13.3. The number of sulfone groups is 1. The van der Waals surface area contributed by atoms with E-state index < -0.39 is 21.1 Å². The van der Waals surface area contributed by atoms with Crippen molar-refractivity contribution in [1.82, 2.24) is 0 Å². The first-order chi connectivity index (χ1) is 7.89. The van der Waals surface area contributed by atoms with Gasteiger partial charge in [0.1, 0.15) is 0 Å². The molecule has 1 aromatic rings. The van der Waals surface area contributed by atoms with Gasteiger partial charge >= 0.3 is 5.97 Å². The molecule has 1 aromatic carbocycles. The Bertz CT molecular complexity index is 493. The average Bonchev–Trinajstić information content (AvgIpc) is 2.25. The summed E-state index contributed by atoms with van der Waals surface area (Å²) in [5.74, 6) is -1.32. The monoisotopic (exact) mass is 276 g/mol. The van der Waals surface area contributed by atoms with Crippen molar-refractivity contribution in [3.63, 3.8) is 0 Å². The summed E-state index contributed by atoms with van der Waals surface area (Å²) in [6.45, 7) is 1.74. The molecule has 17 heavy (non-hydrogen) atoms. The van der Waals surface area contributed by atoms with Crippen molar-refractivity contribution in [3.05, 3.63) is 29.3 Å². The maximum atomic E-state index is 12.1. The van der Waals surface area contributed by atoms with Gasteiger partial charge in [0.15, 0.2) is 15.1 Å². The fourth-order valence-electron chi connectivity index (χ4n) is 1.46. The molecule has 4 nitrogen and oxygen atoms in total. The Balaban J connectivity index is 3.16. The van der Waals surface area contributed by atoms with E-state index in [1.54, 1.807) is 6.92 Å². The Hall–Kier alpha value is -1.07. The molecular formula is C11H13ClO4S. The fourth-order valence-corrected chi connectivity index (χ4v) is 3.24. The van der Waals surface area contributed by atoms with Crippen LogP contribution in [-0.2, 0) is 14.6 Å². The second-order valence-corrected chi connectivity index (χ2v) is 6.18. The Kier molecular flexibility index (Phi) is 4.54. The Morgan fingerprint density at radius 1 is 1.35 bits per heavy atom.